The molecular weight excluding hydrogens is 769 g/mol. The molecule has 0 saturated carbocycles. The maximum absolute atomic E-state index is 12.8. The van der Waals surface area contributed by atoms with Crippen molar-refractivity contribution >= 4 is 17.9 Å². The molecule has 0 rings (SSSR count). The Kier molecular flexibility index (Phi) is 47.5. The van der Waals surface area contributed by atoms with Crippen LogP contribution in [0.1, 0.15) is 233 Å². The highest BCUT2D eigenvalue weighted by Gasteiger charge is 2.19. The van der Waals surface area contributed by atoms with Crippen molar-refractivity contribution in [1.82, 2.24) is 0 Å². The van der Waals surface area contributed by atoms with Gasteiger partial charge < -0.3 is 14.2 Å². The van der Waals surface area contributed by atoms with Crippen molar-refractivity contribution in [2.45, 2.75) is 239 Å². The third-order valence-electron chi connectivity index (χ3n) is 10.8. The summed E-state index contributed by atoms with van der Waals surface area (Å²) in [6, 6.07) is 0. The first-order valence-corrected chi connectivity index (χ1v) is 25.7. The summed E-state index contributed by atoms with van der Waals surface area (Å²) in [4.78, 5) is 38.0. The minimum absolute atomic E-state index is 0.0936. The van der Waals surface area contributed by atoms with Gasteiger partial charge in [-0.05, 0) is 64.2 Å². The van der Waals surface area contributed by atoms with Crippen LogP contribution in [0.3, 0.4) is 0 Å². The third-order valence-corrected chi connectivity index (χ3v) is 10.8. The Hall–Kier alpha value is -3.41. The van der Waals surface area contributed by atoms with E-state index in [1.807, 2.05) is 48.6 Å². The molecule has 0 amide bonds. The van der Waals surface area contributed by atoms with E-state index in [9.17, 15) is 14.4 Å². The highest BCUT2D eigenvalue weighted by Crippen LogP contribution is 2.15. The quantitative estimate of drug-likeness (QED) is 0.0199. The normalized spacial score (nSPS) is 12.8. The second-order valence-corrected chi connectivity index (χ2v) is 16.8. The van der Waals surface area contributed by atoms with Crippen molar-refractivity contribution < 1.29 is 28.6 Å². The molecule has 1 unspecified atom stereocenters. The maximum atomic E-state index is 12.8. The Morgan fingerprint density at radius 2 is 0.710 bits per heavy atom. The van der Waals surface area contributed by atoms with Crippen molar-refractivity contribution in [3.05, 3.63) is 85.1 Å². The zero-order valence-electron chi connectivity index (χ0n) is 40.4. The molecule has 0 saturated heterocycles. The minimum atomic E-state index is -0.795. The van der Waals surface area contributed by atoms with Crippen LogP contribution in [0.2, 0.25) is 0 Å². The molecule has 0 N–H and O–H groups in total. The second kappa shape index (κ2) is 50.2. The molecule has 1 atom stereocenters. The molecule has 6 nitrogen and oxygen atoms in total. The van der Waals surface area contributed by atoms with E-state index in [1.165, 1.54) is 103 Å². The standard InChI is InChI=1S/C56H94O6/c1-4-7-10-13-16-19-22-25-28-31-34-37-40-43-46-49-55(58)61-52-53(51-60-54(57)48-45-42-39-36-33-30-27-24-21-18-15-12-9-6-3)62-56(59)50-47-44-41-38-35-32-29-26-23-20-17-14-11-8-5-2/h7,9-10,12-13,16,18-19,21-22,25,28,31,34,53H,4-6,8,11,14-15,17,20,23-24,26-27,29-30,32-33,35-52H2,1-3H3/b10-7-,12-9-,16-13-,21-18-,22-19-,28-25-,34-31-. The SMILES string of the molecule is CC\C=C/C=C\C=C/C=C\C=C/CCCCCC(=O)OCC(COC(=O)CCCCCCCCC/C=C\C/C=C\CC)OC(=O)CCCCCCCCCCCCCCCCC. The van der Waals surface area contributed by atoms with Gasteiger partial charge in [0.2, 0.25) is 0 Å². The molecule has 0 fully saturated rings. The van der Waals surface area contributed by atoms with E-state index in [0.29, 0.717) is 19.3 Å². The summed E-state index contributed by atoms with van der Waals surface area (Å²) in [5, 5.41) is 0. The first-order valence-electron chi connectivity index (χ1n) is 25.7. The van der Waals surface area contributed by atoms with Crippen molar-refractivity contribution in [3.63, 3.8) is 0 Å². The molecule has 0 heterocycles. The number of hydrogen-bond acceptors (Lipinski definition) is 6. The number of carbonyl (C=O) groups is 3. The van der Waals surface area contributed by atoms with Crippen LogP contribution >= 0.6 is 0 Å². The predicted octanol–water partition coefficient (Wildman–Crippen LogP) is 16.8. The zero-order chi connectivity index (χ0) is 45.1. The lowest BCUT2D eigenvalue weighted by Gasteiger charge is -2.18. The molecule has 0 aromatic rings. The van der Waals surface area contributed by atoms with Gasteiger partial charge in [-0.3, -0.25) is 14.4 Å². The van der Waals surface area contributed by atoms with Crippen LogP contribution in [0.25, 0.3) is 0 Å². The highest BCUT2D eigenvalue weighted by atomic mass is 16.6. The van der Waals surface area contributed by atoms with Gasteiger partial charge in [-0.15, -0.1) is 0 Å². The van der Waals surface area contributed by atoms with Crippen LogP contribution in [-0.4, -0.2) is 37.2 Å². The monoisotopic (exact) mass is 863 g/mol. The van der Waals surface area contributed by atoms with E-state index in [4.69, 9.17) is 14.2 Å². The van der Waals surface area contributed by atoms with Gasteiger partial charge in [0, 0.05) is 19.3 Å². The third kappa shape index (κ3) is 47.6. The Bertz CT molecular complexity index is 1220. The van der Waals surface area contributed by atoms with Gasteiger partial charge in [0.1, 0.15) is 13.2 Å². The largest absolute Gasteiger partial charge is 0.462 e. The van der Waals surface area contributed by atoms with Gasteiger partial charge >= 0.3 is 17.9 Å². The summed E-state index contributed by atoms with van der Waals surface area (Å²) in [5.74, 6) is -0.943. The van der Waals surface area contributed by atoms with Crippen LogP contribution in [0.5, 0.6) is 0 Å². The number of carbonyl (C=O) groups excluding carboxylic acids is 3. The smallest absolute Gasteiger partial charge is 0.306 e. The van der Waals surface area contributed by atoms with Crippen LogP contribution in [0.4, 0.5) is 0 Å². The van der Waals surface area contributed by atoms with E-state index < -0.39 is 6.10 Å². The lowest BCUT2D eigenvalue weighted by molar-refractivity contribution is -0.167. The molecule has 0 bridgehead atoms. The molecule has 0 aromatic carbocycles. The summed E-state index contributed by atoms with van der Waals surface area (Å²) in [5.41, 5.74) is 0. The Morgan fingerprint density at radius 3 is 1.18 bits per heavy atom. The van der Waals surface area contributed by atoms with E-state index in [1.54, 1.807) is 0 Å². The number of rotatable bonds is 45. The average Bonchev–Trinajstić information content (AvgIpc) is 3.27. The van der Waals surface area contributed by atoms with E-state index >= 15 is 0 Å². The van der Waals surface area contributed by atoms with Gasteiger partial charge in [-0.1, -0.05) is 234 Å². The van der Waals surface area contributed by atoms with E-state index in [-0.39, 0.29) is 31.1 Å². The molecule has 0 aliphatic heterocycles. The molecule has 62 heavy (non-hydrogen) atoms. The fourth-order valence-corrected chi connectivity index (χ4v) is 6.97. The lowest BCUT2D eigenvalue weighted by Crippen LogP contribution is -2.30. The Labute approximate surface area is 382 Å². The first kappa shape index (κ1) is 58.6. The topological polar surface area (TPSA) is 78.9 Å². The summed E-state index contributed by atoms with van der Waals surface area (Å²) in [6.07, 6.45) is 64.2. The van der Waals surface area contributed by atoms with Gasteiger partial charge in [-0.2, -0.15) is 0 Å². The number of allylic oxidation sites excluding steroid dienone is 14. The molecule has 0 aliphatic carbocycles. The molecular formula is C56H94O6. The lowest BCUT2D eigenvalue weighted by atomic mass is 10.0. The predicted molar refractivity (Wildman–Crippen MR) is 265 cm³/mol. The number of ether oxygens (including phenoxy) is 3. The molecule has 0 spiro atoms. The summed E-state index contributed by atoms with van der Waals surface area (Å²) in [6.45, 7) is 6.35. The molecule has 0 radical (unpaired) electrons. The van der Waals surface area contributed by atoms with Crippen LogP contribution < -0.4 is 0 Å². The number of unbranched alkanes of at least 4 members (excludes halogenated alkanes) is 24. The van der Waals surface area contributed by atoms with Crippen LogP contribution in [-0.2, 0) is 28.6 Å². The summed E-state index contributed by atoms with van der Waals surface area (Å²) < 4.78 is 16.8. The Balaban J connectivity index is 4.46. The maximum Gasteiger partial charge on any atom is 0.306 e. The zero-order valence-corrected chi connectivity index (χ0v) is 40.4. The molecule has 354 valence electrons. The fourth-order valence-electron chi connectivity index (χ4n) is 6.97. The van der Waals surface area contributed by atoms with Gasteiger partial charge in [0.05, 0.1) is 0 Å². The van der Waals surface area contributed by atoms with Crippen molar-refractivity contribution in [2.24, 2.45) is 0 Å². The Morgan fingerprint density at radius 1 is 0.355 bits per heavy atom. The van der Waals surface area contributed by atoms with Crippen molar-refractivity contribution in [3.8, 4) is 0 Å². The van der Waals surface area contributed by atoms with Crippen molar-refractivity contribution in [2.75, 3.05) is 13.2 Å². The fraction of sp³-hybridized carbons (Fsp3) is 0.696. The van der Waals surface area contributed by atoms with Gasteiger partial charge in [-0.25, -0.2) is 0 Å². The highest BCUT2D eigenvalue weighted by molar-refractivity contribution is 5.71. The molecule has 0 aromatic heterocycles. The molecule has 6 heteroatoms. The van der Waals surface area contributed by atoms with E-state index in [2.05, 4.69) is 57.2 Å². The first-order chi connectivity index (χ1) is 30.5. The van der Waals surface area contributed by atoms with Gasteiger partial charge in [0.15, 0.2) is 6.10 Å². The van der Waals surface area contributed by atoms with E-state index in [0.717, 1.165) is 89.9 Å². The number of hydrogen-bond donors (Lipinski definition) is 0. The summed E-state index contributed by atoms with van der Waals surface area (Å²) in [7, 11) is 0. The summed E-state index contributed by atoms with van der Waals surface area (Å²) >= 11 is 0. The van der Waals surface area contributed by atoms with Crippen LogP contribution in [0, 0.1) is 0 Å². The molecule has 0 aliphatic rings. The van der Waals surface area contributed by atoms with Gasteiger partial charge in [0.25, 0.3) is 0 Å². The second-order valence-electron chi connectivity index (χ2n) is 16.8. The number of esters is 3. The minimum Gasteiger partial charge on any atom is -0.462 e. The average molecular weight is 863 g/mol. The van der Waals surface area contributed by atoms with Crippen LogP contribution in [0.15, 0.2) is 85.1 Å². The van der Waals surface area contributed by atoms with Crippen molar-refractivity contribution in [1.29, 1.82) is 0 Å².